The summed E-state index contributed by atoms with van der Waals surface area (Å²) in [7, 11) is 3.34. The van der Waals surface area contributed by atoms with Crippen LogP contribution in [-0.2, 0) is 22.4 Å². The SMILES string of the molecule is COc1ccc2cccc(CCNC(C)=O)c2c1.COc1ccc2cccc(CCNC(C)=O)c2c1.O=C(O)c1cc(O)c(O)c(O)c1. The van der Waals surface area contributed by atoms with Crippen molar-refractivity contribution in [3.05, 3.63) is 102 Å². The van der Waals surface area contributed by atoms with Gasteiger partial charge in [0.05, 0.1) is 19.8 Å². The Bertz CT molecular complexity index is 1760. The van der Waals surface area contributed by atoms with E-state index in [1.165, 1.54) is 46.5 Å². The fourth-order valence-corrected chi connectivity index (χ4v) is 4.80. The minimum absolute atomic E-state index is 0.00724. The predicted molar refractivity (Wildman–Crippen MR) is 184 cm³/mol. The molecule has 6 N–H and O–H groups in total. The van der Waals surface area contributed by atoms with Gasteiger partial charge in [-0.2, -0.15) is 0 Å². The van der Waals surface area contributed by atoms with E-state index in [4.69, 9.17) is 29.9 Å². The number of aromatic hydroxyl groups is 3. The van der Waals surface area contributed by atoms with Crippen LogP contribution in [0.5, 0.6) is 28.7 Å². The summed E-state index contributed by atoms with van der Waals surface area (Å²) < 4.78 is 10.5. The first-order valence-electron chi connectivity index (χ1n) is 15.0. The van der Waals surface area contributed by atoms with Crippen LogP contribution in [-0.4, -0.2) is 65.5 Å². The van der Waals surface area contributed by atoms with E-state index in [9.17, 15) is 14.4 Å². The number of hydrogen-bond donors (Lipinski definition) is 6. The van der Waals surface area contributed by atoms with Crippen LogP contribution >= 0.6 is 0 Å². The van der Waals surface area contributed by atoms with Gasteiger partial charge >= 0.3 is 5.97 Å². The van der Waals surface area contributed by atoms with Gasteiger partial charge in [-0.25, -0.2) is 4.79 Å². The molecule has 11 heteroatoms. The third-order valence-corrected chi connectivity index (χ3v) is 7.21. The van der Waals surface area contributed by atoms with Gasteiger partial charge in [-0.1, -0.05) is 48.5 Å². The van der Waals surface area contributed by atoms with Crippen molar-refractivity contribution in [1.82, 2.24) is 10.6 Å². The third kappa shape index (κ3) is 10.5. The summed E-state index contributed by atoms with van der Waals surface area (Å²) in [6.45, 7) is 4.38. The van der Waals surface area contributed by atoms with E-state index >= 15 is 0 Å². The molecule has 5 rings (SSSR count). The third-order valence-electron chi connectivity index (χ3n) is 7.21. The number of ether oxygens (including phenoxy) is 2. The zero-order chi connectivity index (χ0) is 35.2. The number of phenolic OH excluding ortho intramolecular Hbond substituents is 3. The zero-order valence-corrected chi connectivity index (χ0v) is 27.2. The van der Waals surface area contributed by atoms with Gasteiger partial charge in [0.1, 0.15) is 11.5 Å². The summed E-state index contributed by atoms with van der Waals surface area (Å²) in [6.07, 6.45) is 1.65. The number of carboxylic acid groups (broad SMARTS) is 1. The highest BCUT2D eigenvalue weighted by Gasteiger charge is 2.12. The molecule has 0 aliphatic rings. The molecule has 0 radical (unpaired) electrons. The van der Waals surface area contributed by atoms with Gasteiger partial charge < -0.3 is 40.5 Å². The lowest BCUT2D eigenvalue weighted by Gasteiger charge is -2.08. The average Bonchev–Trinajstić information content (AvgIpc) is 3.07. The molecule has 48 heavy (non-hydrogen) atoms. The van der Waals surface area contributed by atoms with Crippen molar-refractivity contribution < 1.29 is 44.3 Å². The van der Waals surface area contributed by atoms with E-state index in [1.54, 1.807) is 14.2 Å². The summed E-state index contributed by atoms with van der Waals surface area (Å²) in [4.78, 5) is 32.0. The first-order chi connectivity index (χ1) is 22.9. The Morgan fingerprint density at radius 3 is 1.40 bits per heavy atom. The van der Waals surface area contributed by atoms with Crippen molar-refractivity contribution >= 4 is 39.3 Å². The van der Waals surface area contributed by atoms with Crippen LogP contribution in [0.3, 0.4) is 0 Å². The van der Waals surface area contributed by atoms with E-state index in [-0.39, 0.29) is 17.4 Å². The number of phenols is 3. The van der Waals surface area contributed by atoms with Crippen LogP contribution in [0.2, 0.25) is 0 Å². The molecule has 0 saturated heterocycles. The van der Waals surface area contributed by atoms with Crippen molar-refractivity contribution in [2.45, 2.75) is 26.7 Å². The fraction of sp³-hybridized carbons (Fsp3) is 0.216. The van der Waals surface area contributed by atoms with Crippen LogP contribution in [0.4, 0.5) is 0 Å². The van der Waals surface area contributed by atoms with Gasteiger partial charge in [0.2, 0.25) is 11.8 Å². The van der Waals surface area contributed by atoms with E-state index in [1.807, 2.05) is 36.4 Å². The minimum Gasteiger partial charge on any atom is -0.504 e. The number of amides is 2. The predicted octanol–water partition coefficient (Wildman–Crippen LogP) is 5.56. The number of carbonyl (C=O) groups is 3. The normalized spacial score (nSPS) is 10.2. The Hall–Kier alpha value is -5.97. The van der Waals surface area contributed by atoms with E-state index in [0.717, 1.165) is 36.5 Å². The smallest absolute Gasteiger partial charge is 0.335 e. The number of hydrogen-bond acceptors (Lipinski definition) is 8. The van der Waals surface area contributed by atoms with E-state index in [0.29, 0.717) is 13.1 Å². The van der Waals surface area contributed by atoms with Crippen molar-refractivity contribution in [3.63, 3.8) is 0 Å². The number of methoxy groups -OCH3 is 2. The number of carbonyl (C=O) groups excluding carboxylic acids is 2. The molecule has 0 heterocycles. The Morgan fingerprint density at radius 1 is 0.625 bits per heavy atom. The lowest BCUT2D eigenvalue weighted by molar-refractivity contribution is -0.119. The Labute approximate surface area is 278 Å². The molecule has 0 aromatic heterocycles. The number of nitrogens with one attached hydrogen (secondary N) is 2. The molecule has 2 amide bonds. The highest BCUT2D eigenvalue weighted by molar-refractivity contribution is 5.89. The van der Waals surface area contributed by atoms with Crippen LogP contribution in [0.25, 0.3) is 21.5 Å². The summed E-state index contributed by atoms with van der Waals surface area (Å²) in [5, 5.41) is 45.3. The summed E-state index contributed by atoms with van der Waals surface area (Å²) in [5.41, 5.74) is 2.16. The highest BCUT2D eigenvalue weighted by Crippen LogP contribution is 2.35. The first kappa shape index (κ1) is 36.5. The Morgan fingerprint density at radius 2 is 1.04 bits per heavy atom. The van der Waals surface area contributed by atoms with Gasteiger partial charge in [0.25, 0.3) is 0 Å². The second kappa shape index (κ2) is 17.7. The summed E-state index contributed by atoms with van der Waals surface area (Å²) in [5.74, 6) is -1.61. The Kier molecular flexibility index (Phi) is 13.4. The van der Waals surface area contributed by atoms with Crippen molar-refractivity contribution in [2.24, 2.45) is 0 Å². The van der Waals surface area contributed by atoms with Crippen LogP contribution in [0.15, 0.2) is 84.9 Å². The molecule has 0 aliphatic carbocycles. The quantitative estimate of drug-likeness (QED) is 0.111. The molecule has 0 fully saturated rings. The van der Waals surface area contributed by atoms with Crippen LogP contribution in [0, 0.1) is 0 Å². The molecular weight excluding hydrogens is 616 g/mol. The monoisotopic (exact) mass is 656 g/mol. The maximum Gasteiger partial charge on any atom is 0.335 e. The number of benzene rings is 5. The number of carboxylic acids is 1. The molecule has 0 saturated carbocycles. The van der Waals surface area contributed by atoms with Gasteiger partial charge in [0, 0.05) is 26.9 Å². The number of fused-ring (bicyclic) bond motifs is 2. The van der Waals surface area contributed by atoms with Crippen LogP contribution in [0.1, 0.15) is 35.3 Å². The van der Waals surface area contributed by atoms with Gasteiger partial charge in [-0.15, -0.1) is 0 Å². The lowest BCUT2D eigenvalue weighted by Crippen LogP contribution is -2.22. The van der Waals surface area contributed by atoms with Crippen molar-refractivity contribution in [3.8, 4) is 28.7 Å². The molecule has 0 unspecified atom stereocenters. The highest BCUT2D eigenvalue weighted by atomic mass is 16.5. The first-order valence-corrected chi connectivity index (χ1v) is 15.0. The van der Waals surface area contributed by atoms with Gasteiger partial charge in [0.15, 0.2) is 17.2 Å². The summed E-state index contributed by atoms with van der Waals surface area (Å²) in [6, 6.07) is 26.2. The summed E-state index contributed by atoms with van der Waals surface area (Å²) >= 11 is 0. The van der Waals surface area contributed by atoms with E-state index < -0.39 is 23.2 Å². The zero-order valence-electron chi connectivity index (χ0n) is 27.2. The molecule has 252 valence electrons. The molecule has 0 spiro atoms. The topological polar surface area (TPSA) is 175 Å². The molecule has 5 aromatic rings. The largest absolute Gasteiger partial charge is 0.504 e. The maximum atomic E-state index is 10.9. The molecule has 0 atom stereocenters. The van der Waals surface area contributed by atoms with Gasteiger partial charge in [-0.05, 0) is 81.9 Å². The molecule has 0 bridgehead atoms. The standard InChI is InChI=1S/2C15H17NO2.C7H6O5/c2*1-11(17)16-9-8-13-5-3-4-12-6-7-14(18-2)10-15(12)13;8-4-1-3(7(11)12)2-5(9)6(4)10/h2*3-7,10H,8-9H2,1-2H3,(H,16,17);1-2,8-10H,(H,11,12). The van der Waals surface area contributed by atoms with Gasteiger partial charge in [-0.3, -0.25) is 9.59 Å². The molecule has 11 nitrogen and oxygen atoms in total. The lowest BCUT2D eigenvalue weighted by atomic mass is 10.0. The average molecular weight is 657 g/mol. The van der Waals surface area contributed by atoms with Crippen molar-refractivity contribution in [1.29, 1.82) is 0 Å². The molecular formula is C37H40N2O9. The van der Waals surface area contributed by atoms with Crippen LogP contribution < -0.4 is 20.1 Å². The maximum absolute atomic E-state index is 10.9. The fourth-order valence-electron chi connectivity index (χ4n) is 4.80. The van der Waals surface area contributed by atoms with Crippen molar-refractivity contribution in [2.75, 3.05) is 27.3 Å². The number of rotatable bonds is 9. The molecule has 0 aliphatic heterocycles. The second-order valence-corrected chi connectivity index (χ2v) is 10.6. The second-order valence-electron chi connectivity index (χ2n) is 10.6. The minimum atomic E-state index is -1.29. The van der Waals surface area contributed by atoms with E-state index in [2.05, 4.69) is 47.0 Å². The number of aromatic carboxylic acids is 1. The Balaban J connectivity index is 0.000000200. The molecule has 5 aromatic carbocycles.